The summed E-state index contributed by atoms with van der Waals surface area (Å²) >= 11 is 0. The smallest absolute Gasteiger partial charge is 0.407 e. The van der Waals surface area contributed by atoms with E-state index < -0.39 is 52.8 Å². The number of carbonyl (C=O) groups excluding carboxylic acids is 2. The quantitative estimate of drug-likeness (QED) is 0.194. The first-order valence-corrected chi connectivity index (χ1v) is 9.43. The topological polar surface area (TPSA) is 64.6 Å². The van der Waals surface area contributed by atoms with Gasteiger partial charge in [-0.05, 0) is 12.0 Å². The number of unbranched alkanes of at least 4 members (excludes halogenated alkanes) is 1. The van der Waals surface area contributed by atoms with E-state index in [9.17, 15) is 31.5 Å². The number of nitrogens with one attached hydrogen (secondary N) is 1. The maximum Gasteiger partial charge on any atom is 0.407 e. The molecule has 2 aromatic rings. The first-order valence-electron chi connectivity index (χ1n) is 9.43. The Kier molecular flexibility index (Phi) is 8.77. The second-order valence-electron chi connectivity index (χ2n) is 6.60. The molecule has 2 rings (SSSR count). The molecule has 0 unspecified atom stereocenters. The maximum atomic E-state index is 13.8. The molecule has 31 heavy (non-hydrogen) atoms. The summed E-state index contributed by atoms with van der Waals surface area (Å²) in [5, 5.41) is 2.33. The summed E-state index contributed by atoms with van der Waals surface area (Å²) < 4.78 is 76.8. The van der Waals surface area contributed by atoms with Crippen molar-refractivity contribution in [2.24, 2.45) is 5.92 Å². The van der Waals surface area contributed by atoms with Crippen LogP contribution in [0.15, 0.2) is 30.3 Å². The second-order valence-corrected chi connectivity index (χ2v) is 6.60. The summed E-state index contributed by atoms with van der Waals surface area (Å²) in [6.07, 6.45) is 0.417. The predicted molar refractivity (Wildman–Crippen MR) is 99.5 cm³/mol. The summed E-state index contributed by atoms with van der Waals surface area (Å²) in [5.74, 6) is -15.4. The summed E-state index contributed by atoms with van der Waals surface area (Å²) in [4.78, 5) is 24.2. The van der Waals surface area contributed by atoms with Crippen molar-refractivity contribution in [1.29, 1.82) is 0 Å². The molecule has 10 heteroatoms. The molecular weight excluding hydrogens is 425 g/mol. The summed E-state index contributed by atoms with van der Waals surface area (Å²) in [7, 11) is 0. The van der Waals surface area contributed by atoms with Crippen LogP contribution in [0, 0.1) is 35.0 Å². The van der Waals surface area contributed by atoms with Gasteiger partial charge in [-0.25, -0.2) is 18.0 Å². The van der Waals surface area contributed by atoms with Gasteiger partial charge in [0.05, 0.1) is 5.92 Å². The van der Waals surface area contributed by atoms with Gasteiger partial charge in [-0.3, -0.25) is 4.79 Å². The number of alkyl carbamates (subject to hydrolysis) is 1. The molecule has 1 amide bonds. The molecule has 0 heterocycles. The van der Waals surface area contributed by atoms with Gasteiger partial charge in [-0.2, -0.15) is 8.78 Å². The average molecular weight is 445 g/mol. The molecule has 168 valence electrons. The van der Waals surface area contributed by atoms with E-state index in [-0.39, 0.29) is 19.6 Å². The zero-order valence-corrected chi connectivity index (χ0v) is 16.5. The Bertz CT molecular complexity index is 895. The van der Waals surface area contributed by atoms with Crippen molar-refractivity contribution >= 4 is 12.1 Å². The molecule has 0 aliphatic carbocycles. The van der Waals surface area contributed by atoms with E-state index in [0.29, 0.717) is 12.8 Å². The van der Waals surface area contributed by atoms with Gasteiger partial charge in [0.2, 0.25) is 34.8 Å². The highest BCUT2D eigenvalue weighted by molar-refractivity contribution is 5.76. The van der Waals surface area contributed by atoms with Crippen molar-refractivity contribution in [2.45, 2.75) is 32.8 Å². The number of benzene rings is 2. The van der Waals surface area contributed by atoms with Gasteiger partial charge in [0.1, 0.15) is 6.61 Å². The van der Waals surface area contributed by atoms with Crippen molar-refractivity contribution in [3.05, 3.63) is 65.0 Å². The third kappa shape index (κ3) is 6.40. The highest BCUT2D eigenvalue weighted by atomic mass is 19.2. The minimum Gasteiger partial charge on any atom is -0.445 e. The highest BCUT2D eigenvalue weighted by Crippen LogP contribution is 2.30. The van der Waals surface area contributed by atoms with Crippen LogP contribution in [0.4, 0.5) is 26.7 Å². The molecular formula is C21H20F5NO4. The number of ether oxygens (including phenoxy) is 2. The molecule has 0 aliphatic heterocycles. The number of esters is 1. The van der Waals surface area contributed by atoms with E-state index in [1.165, 1.54) is 0 Å². The zero-order chi connectivity index (χ0) is 23.0. The van der Waals surface area contributed by atoms with Crippen LogP contribution in [-0.2, 0) is 16.1 Å². The SMILES string of the molecule is CCCC[C@H](CNC(=O)OCc1ccccc1)C(=O)Oc1c(F)c(F)c(F)c(F)c1F. The Morgan fingerprint density at radius 3 is 2.10 bits per heavy atom. The van der Waals surface area contributed by atoms with Gasteiger partial charge < -0.3 is 14.8 Å². The average Bonchev–Trinajstić information content (AvgIpc) is 2.78. The Balaban J connectivity index is 2.03. The minimum atomic E-state index is -2.36. The Hall–Kier alpha value is -3.17. The Morgan fingerprint density at radius 1 is 0.935 bits per heavy atom. The van der Waals surface area contributed by atoms with E-state index >= 15 is 0 Å². The van der Waals surface area contributed by atoms with Crippen LogP contribution in [0.1, 0.15) is 31.7 Å². The lowest BCUT2D eigenvalue weighted by Crippen LogP contribution is -2.35. The van der Waals surface area contributed by atoms with Gasteiger partial charge in [0.25, 0.3) is 0 Å². The molecule has 0 radical (unpaired) electrons. The largest absolute Gasteiger partial charge is 0.445 e. The van der Waals surface area contributed by atoms with E-state index in [4.69, 9.17) is 4.74 Å². The molecule has 0 aromatic heterocycles. The lowest BCUT2D eigenvalue weighted by Gasteiger charge is -2.17. The number of hydrogen-bond acceptors (Lipinski definition) is 4. The normalized spacial score (nSPS) is 11.7. The van der Waals surface area contributed by atoms with Crippen LogP contribution in [0.25, 0.3) is 0 Å². The Morgan fingerprint density at radius 2 is 1.52 bits per heavy atom. The van der Waals surface area contributed by atoms with Crippen molar-refractivity contribution in [3.63, 3.8) is 0 Å². The molecule has 0 saturated heterocycles. The second kappa shape index (κ2) is 11.3. The van der Waals surface area contributed by atoms with Crippen LogP contribution >= 0.6 is 0 Å². The van der Waals surface area contributed by atoms with E-state index in [2.05, 4.69) is 10.1 Å². The third-order valence-electron chi connectivity index (χ3n) is 4.32. The van der Waals surface area contributed by atoms with Crippen LogP contribution in [0.5, 0.6) is 5.75 Å². The van der Waals surface area contributed by atoms with Crippen LogP contribution < -0.4 is 10.1 Å². The molecule has 0 saturated carbocycles. The number of rotatable bonds is 9. The van der Waals surface area contributed by atoms with Crippen LogP contribution in [0.2, 0.25) is 0 Å². The molecule has 0 aliphatic rings. The van der Waals surface area contributed by atoms with Gasteiger partial charge in [0.15, 0.2) is 0 Å². The van der Waals surface area contributed by atoms with Crippen molar-refractivity contribution in [3.8, 4) is 5.75 Å². The van der Waals surface area contributed by atoms with Crippen LogP contribution in [-0.4, -0.2) is 18.6 Å². The number of amides is 1. The van der Waals surface area contributed by atoms with Gasteiger partial charge >= 0.3 is 12.1 Å². The van der Waals surface area contributed by atoms with Crippen LogP contribution in [0.3, 0.4) is 0 Å². The molecule has 0 fully saturated rings. The number of carbonyl (C=O) groups is 2. The first-order chi connectivity index (χ1) is 14.8. The maximum absolute atomic E-state index is 13.8. The molecule has 5 nitrogen and oxygen atoms in total. The molecule has 0 bridgehead atoms. The fourth-order valence-corrected chi connectivity index (χ4v) is 2.59. The third-order valence-corrected chi connectivity index (χ3v) is 4.32. The number of halogens is 5. The molecule has 1 atom stereocenters. The zero-order valence-electron chi connectivity index (χ0n) is 16.5. The van der Waals surface area contributed by atoms with Crippen molar-refractivity contribution in [2.75, 3.05) is 6.54 Å². The van der Waals surface area contributed by atoms with Gasteiger partial charge in [-0.1, -0.05) is 50.1 Å². The van der Waals surface area contributed by atoms with E-state index in [0.717, 1.165) is 5.56 Å². The van der Waals surface area contributed by atoms with Crippen molar-refractivity contribution in [1.82, 2.24) is 5.32 Å². The van der Waals surface area contributed by atoms with Gasteiger partial charge in [0, 0.05) is 6.54 Å². The standard InChI is InChI=1S/C21H20F5NO4/c1-2-3-9-13(10-27-21(29)30-11-12-7-5-4-6-8-12)20(28)31-19-17(25)15(23)14(22)16(24)18(19)26/h4-8,13H,2-3,9-11H2,1H3,(H,27,29)/t13-/m1/s1. The number of hydrogen-bond donors (Lipinski definition) is 1. The fraction of sp³-hybridized carbons (Fsp3) is 0.333. The summed E-state index contributed by atoms with van der Waals surface area (Å²) in [6.45, 7) is 1.47. The molecule has 0 spiro atoms. The van der Waals surface area contributed by atoms with E-state index in [1.807, 2.05) is 6.92 Å². The van der Waals surface area contributed by atoms with Gasteiger partial charge in [-0.15, -0.1) is 0 Å². The molecule has 2 aromatic carbocycles. The Labute approximate surface area is 175 Å². The summed E-state index contributed by atoms with van der Waals surface area (Å²) in [5.41, 5.74) is 0.728. The predicted octanol–water partition coefficient (Wildman–Crippen LogP) is 5.02. The monoisotopic (exact) mass is 445 g/mol. The molecule has 1 N–H and O–H groups in total. The lowest BCUT2D eigenvalue weighted by atomic mass is 10.0. The fourth-order valence-electron chi connectivity index (χ4n) is 2.59. The van der Waals surface area contributed by atoms with E-state index in [1.54, 1.807) is 30.3 Å². The highest BCUT2D eigenvalue weighted by Gasteiger charge is 2.30. The lowest BCUT2D eigenvalue weighted by molar-refractivity contribution is -0.139. The minimum absolute atomic E-state index is 0.0265. The summed E-state index contributed by atoms with van der Waals surface area (Å²) in [6, 6.07) is 8.77. The first kappa shape index (κ1) is 24.1. The van der Waals surface area contributed by atoms with Crippen molar-refractivity contribution < 1.29 is 41.0 Å².